The van der Waals surface area contributed by atoms with Crippen LogP contribution in [-0.2, 0) is 20.9 Å². The molecule has 0 bridgehead atoms. The van der Waals surface area contributed by atoms with E-state index in [1.165, 1.54) is 29.2 Å². The Morgan fingerprint density at radius 3 is 2.40 bits per heavy atom. The van der Waals surface area contributed by atoms with Gasteiger partial charge in [-0.2, -0.15) is 0 Å². The highest BCUT2D eigenvalue weighted by molar-refractivity contribution is 6.46. The van der Waals surface area contributed by atoms with Crippen molar-refractivity contribution in [1.82, 2.24) is 9.80 Å². The van der Waals surface area contributed by atoms with Gasteiger partial charge in [-0.3, -0.25) is 14.5 Å². The fourth-order valence-electron chi connectivity index (χ4n) is 5.33. The van der Waals surface area contributed by atoms with Crippen LogP contribution >= 0.6 is 0 Å². The molecule has 0 radical (unpaired) electrons. The van der Waals surface area contributed by atoms with Crippen LogP contribution < -0.4 is 9.47 Å². The van der Waals surface area contributed by atoms with Crippen LogP contribution in [0.1, 0.15) is 36.1 Å². The predicted octanol–water partition coefficient (Wildman–Crippen LogP) is 4.95. The number of rotatable bonds is 11. The van der Waals surface area contributed by atoms with Crippen molar-refractivity contribution in [2.24, 2.45) is 0 Å². The lowest BCUT2D eigenvalue weighted by atomic mass is 9.95. The zero-order chi connectivity index (χ0) is 29.5. The van der Waals surface area contributed by atoms with E-state index in [1.54, 1.807) is 18.2 Å². The molecule has 1 amide bonds. The maximum absolute atomic E-state index is 13.6. The number of aliphatic hydroxyl groups excluding tert-OH is 1. The third-order valence-electron chi connectivity index (χ3n) is 7.46. The van der Waals surface area contributed by atoms with E-state index >= 15 is 0 Å². The molecule has 0 saturated carbocycles. The molecule has 42 heavy (non-hydrogen) atoms. The first kappa shape index (κ1) is 29.3. The average molecular weight is 575 g/mol. The monoisotopic (exact) mass is 574 g/mol. The Morgan fingerprint density at radius 2 is 1.69 bits per heavy atom. The lowest BCUT2D eigenvalue weighted by Gasteiger charge is -2.29. The molecule has 1 unspecified atom stereocenters. The highest BCUT2D eigenvalue weighted by Crippen LogP contribution is 2.42. The first-order valence-corrected chi connectivity index (χ1v) is 14.2. The van der Waals surface area contributed by atoms with Gasteiger partial charge in [0.2, 0.25) is 0 Å². The smallest absolute Gasteiger partial charge is 0.295 e. The van der Waals surface area contributed by atoms with Crippen molar-refractivity contribution < 1.29 is 33.3 Å². The molecule has 5 rings (SSSR count). The lowest BCUT2D eigenvalue weighted by Crippen LogP contribution is -2.39. The number of likely N-dealkylation sites (tertiary alicyclic amines) is 1. The van der Waals surface area contributed by atoms with Crippen LogP contribution in [0.4, 0.5) is 4.39 Å². The summed E-state index contributed by atoms with van der Waals surface area (Å²) < 4.78 is 31.0. The minimum absolute atomic E-state index is 0.0432. The van der Waals surface area contributed by atoms with Crippen LogP contribution in [0.5, 0.6) is 11.5 Å². The van der Waals surface area contributed by atoms with E-state index in [4.69, 9.17) is 14.2 Å². The van der Waals surface area contributed by atoms with Crippen molar-refractivity contribution in [3.8, 4) is 11.5 Å². The molecule has 1 N–H and O–H groups in total. The molecule has 9 heteroatoms. The molecule has 0 aliphatic carbocycles. The van der Waals surface area contributed by atoms with Crippen molar-refractivity contribution >= 4 is 17.4 Å². The topological polar surface area (TPSA) is 88.5 Å². The van der Waals surface area contributed by atoms with Gasteiger partial charge in [-0.25, -0.2) is 4.39 Å². The average Bonchev–Trinajstić information content (AvgIpc) is 3.27. The van der Waals surface area contributed by atoms with E-state index in [-0.39, 0.29) is 16.9 Å². The van der Waals surface area contributed by atoms with Gasteiger partial charge in [-0.15, -0.1) is 0 Å². The van der Waals surface area contributed by atoms with Crippen molar-refractivity contribution in [2.75, 3.05) is 46.0 Å². The van der Waals surface area contributed by atoms with Crippen molar-refractivity contribution in [3.05, 3.63) is 101 Å². The summed E-state index contributed by atoms with van der Waals surface area (Å²) in [5, 5.41) is 11.3. The second-order valence-electron chi connectivity index (χ2n) is 10.2. The van der Waals surface area contributed by atoms with Crippen LogP contribution in [0.25, 0.3) is 5.76 Å². The molecule has 2 aliphatic rings. The summed E-state index contributed by atoms with van der Waals surface area (Å²) in [7, 11) is 0. The van der Waals surface area contributed by atoms with E-state index in [1.807, 2.05) is 37.3 Å². The third-order valence-corrected chi connectivity index (χ3v) is 7.46. The number of carbonyl (C=O) groups is 2. The molecule has 2 saturated heterocycles. The van der Waals surface area contributed by atoms with Crippen molar-refractivity contribution in [2.45, 2.75) is 26.0 Å². The van der Waals surface area contributed by atoms with Crippen LogP contribution in [0, 0.1) is 5.82 Å². The number of ketones is 1. The second-order valence-corrected chi connectivity index (χ2v) is 10.2. The number of nitrogens with zero attached hydrogens (tertiary/aromatic N) is 2. The third kappa shape index (κ3) is 6.64. The molecule has 3 aromatic carbocycles. The molecular weight excluding hydrogens is 539 g/mol. The van der Waals surface area contributed by atoms with Gasteiger partial charge < -0.3 is 24.2 Å². The molecule has 2 fully saturated rings. The quantitative estimate of drug-likeness (QED) is 0.197. The summed E-state index contributed by atoms with van der Waals surface area (Å²) >= 11 is 0. The van der Waals surface area contributed by atoms with E-state index < -0.39 is 23.5 Å². The zero-order valence-electron chi connectivity index (χ0n) is 23.6. The number of aliphatic hydroxyl groups is 1. The Morgan fingerprint density at radius 1 is 0.952 bits per heavy atom. The van der Waals surface area contributed by atoms with E-state index in [2.05, 4.69) is 4.90 Å². The van der Waals surface area contributed by atoms with E-state index in [0.717, 1.165) is 25.2 Å². The lowest BCUT2D eigenvalue weighted by molar-refractivity contribution is -0.140. The van der Waals surface area contributed by atoms with Crippen LogP contribution in [-0.4, -0.2) is 72.6 Å². The maximum Gasteiger partial charge on any atom is 0.295 e. The number of amides is 1. The summed E-state index contributed by atoms with van der Waals surface area (Å²) in [5.74, 6) is -1.31. The van der Waals surface area contributed by atoms with Crippen LogP contribution in [0.15, 0.2) is 78.4 Å². The van der Waals surface area contributed by atoms with Gasteiger partial charge in [0.15, 0.2) is 11.5 Å². The largest absolute Gasteiger partial charge is 0.507 e. The number of carbonyl (C=O) groups excluding carboxylic acids is 2. The molecular formula is C33H35FN2O6. The summed E-state index contributed by atoms with van der Waals surface area (Å²) in [6, 6.07) is 19.4. The Labute approximate surface area is 244 Å². The van der Waals surface area contributed by atoms with Crippen LogP contribution in [0.2, 0.25) is 0 Å². The minimum Gasteiger partial charge on any atom is -0.507 e. The highest BCUT2D eigenvalue weighted by Gasteiger charge is 2.46. The maximum atomic E-state index is 13.6. The number of hydrogen-bond donors (Lipinski definition) is 1. The van der Waals surface area contributed by atoms with Gasteiger partial charge in [-0.05, 0) is 60.9 Å². The summed E-state index contributed by atoms with van der Waals surface area (Å²) in [6.07, 6.45) is 0.636. The number of hydrogen-bond acceptors (Lipinski definition) is 7. The Bertz CT molecular complexity index is 1420. The van der Waals surface area contributed by atoms with E-state index in [9.17, 15) is 19.1 Å². The first-order chi connectivity index (χ1) is 20.5. The number of morpholine rings is 1. The predicted molar refractivity (Wildman–Crippen MR) is 156 cm³/mol. The summed E-state index contributed by atoms with van der Waals surface area (Å²) in [5.41, 5.74) is 1.80. The number of halogens is 1. The molecule has 0 spiro atoms. The summed E-state index contributed by atoms with van der Waals surface area (Å²) in [4.78, 5) is 30.6. The fourth-order valence-corrected chi connectivity index (χ4v) is 5.33. The number of ether oxygens (including phenoxy) is 3. The zero-order valence-corrected chi connectivity index (χ0v) is 23.6. The molecule has 3 aromatic rings. The molecule has 0 aromatic heterocycles. The SMILES string of the molecule is CCOc1cc(C2C(=C(O)c3ccc(F)cc3)C(=O)C(=O)N2CCCN2CCOCC2)ccc1OCc1ccccc1. The Balaban J connectivity index is 1.49. The molecule has 220 valence electrons. The molecule has 1 atom stereocenters. The van der Waals surface area contributed by atoms with Gasteiger partial charge >= 0.3 is 0 Å². The highest BCUT2D eigenvalue weighted by atomic mass is 19.1. The van der Waals surface area contributed by atoms with Gasteiger partial charge in [0.1, 0.15) is 18.2 Å². The number of benzene rings is 3. The normalized spacial score (nSPS) is 18.8. The second kappa shape index (κ2) is 13.6. The molecule has 8 nitrogen and oxygen atoms in total. The molecule has 2 heterocycles. The summed E-state index contributed by atoms with van der Waals surface area (Å²) in [6.45, 7) is 6.59. The van der Waals surface area contributed by atoms with Gasteiger partial charge in [0.25, 0.3) is 11.7 Å². The molecule has 2 aliphatic heterocycles. The first-order valence-electron chi connectivity index (χ1n) is 14.2. The number of Topliss-reactive ketones (excluding diaryl/α,β-unsaturated/α-hetero) is 1. The van der Waals surface area contributed by atoms with E-state index in [0.29, 0.717) is 56.5 Å². The van der Waals surface area contributed by atoms with Crippen LogP contribution in [0.3, 0.4) is 0 Å². The fraction of sp³-hybridized carbons (Fsp3) is 0.333. The van der Waals surface area contributed by atoms with Gasteiger partial charge in [0, 0.05) is 31.7 Å². The van der Waals surface area contributed by atoms with Crippen molar-refractivity contribution in [1.29, 1.82) is 0 Å². The Kier molecular flexibility index (Phi) is 9.51. The van der Waals surface area contributed by atoms with Gasteiger partial charge in [0.05, 0.1) is 31.4 Å². The Hall–Kier alpha value is -4.21. The van der Waals surface area contributed by atoms with Gasteiger partial charge in [-0.1, -0.05) is 36.4 Å². The minimum atomic E-state index is -0.859. The standard InChI is InChI=1S/C33H35FN2O6/c1-2-41-28-21-25(11-14-27(28)42-22-23-7-4-3-5-8-23)30-29(31(37)24-9-12-26(34)13-10-24)32(38)33(39)36(30)16-6-15-35-17-19-40-20-18-35/h3-5,7-14,21,30,37H,2,6,15-20,22H2,1H3. The van der Waals surface area contributed by atoms with Crippen molar-refractivity contribution in [3.63, 3.8) is 0 Å².